The Kier molecular flexibility index (Phi) is 4.69. The van der Waals surface area contributed by atoms with Gasteiger partial charge >= 0.3 is 0 Å². The molecule has 0 saturated heterocycles. The summed E-state index contributed by atoms with van der Waals surface area (Å²) >= 11 is 3.54. The number of nitrogens with zero attached hydrogens (tertiary/aromatic N) is 1. The van der Waals surface area contributed by atoms with Gasteiger partial charge < -0.3 is 4.84 Å². The molecule has 1 aromatic heterocycles. The molecule has 0 aliphatic rings. The van der Waals surface area contributed by atoms with Crippen LogP contribution in [-0.2, 0) is 11.4 Å². The number of hydroxylamine groups is 1. The molecule has 0 unspecified atom stereocenters. The highest BCUT2D eigenvalue weighted by atomic mass is 79.9. The third-order valence-corrected chi connectivity index (χ3v) is 3.27. The molecule has 96 valence electrons. The van der Waals surface area contributed by atoms with Gasteiger partial charge in [-0.1, -0.05) is 41.9 Å². The predicted octanol–water partition coefficient (Wildman–Crippen LogP) is 3.67. The Balaban J connectivity index is 2.11. The number of hydrogen-bond donors (Lipinski definition) is 1. The van der Waals surface area contributed by atoms with E-state index in [0.29, 0.717) is 19.1 Å². The van der Waals surface area contributed by atoms with Gasteiger partial charge in [0.25, 0.3) is 0 Å². The van der Waals surface area contributed by atoms with Gasteiger partial charge in [0.1, 0.15) is 0 Å². The van der Waals surface area contributed by atoms with Crippen molar-refractivity contribution in [3.63, 3.8) is 0 Å². The Morgan fingerprint density at radius 3 is 2.94 bits per heavy atom. The van der Waals surface area contributed by atoms with Crippen molar-refractivity contribution in [2.75, 3.05) is 6.61 Å². The van der Waals surface area contributed by atoms with E-state index in [1.807, 2.05) is 18.3 Å². The minimum atomic E-state index is 0.525. The van der Waals surface area contributed by atoms with Crippen LogP contribution in [0, 0.1) is 5.92 Å². The van der Waals surface area contributed by atoms with Crippen molar-refractivity contribution in [3.05, 3.63) is 40.5 Å². The van der Waals surface area contributed by atoms with Gasteiger partial charge in [-0.2, -0.15) is 5.48 Å². The number of aromatic nitrogens is 1. The van der Waals surface area contributed by atoms with Crippen molar-refractivity contribution >= 4 is 26.8 Å². The molecule has 1 heterocycles. The van der Waals surface area contributed by atoms with Gasteiger partial charge in [0.2, 0.25) is 0 Å². The molecule has 0 fully saturated rings. The third-order valence-electron chi connectivity index (χ3n) is 2.58. The summed E-state index contributed by atoms with van der Waals surface area (Å²) in [5.74, 6) is 0.525. The molecule has 3 nitrogen and oxygen atoms in total. The Labute approximate surface area is 116 Å². The minimum Gasteiger partial charge on any atom is -0.301 e. The van der Waals surface area contributed by atoms with Crippen molar-refractivity contribution in [2.24, 2.45) is 5.92 Å². The molecule has 1 aromatic carbocycles. The molecule has 2 aromatic rings. The minimum absolute atomic E-state index is 0.525. The maximum atomic E-state index is 5.39. The van der Waals surface area contributed by atoms with E-state index in [0.717, 1.165) is 20.9 Å². The van der Waals surface area contributed by atoms with Gasteiger partial charge in [-0.25, -0.2) is 0 Å². The average molecular weight is 309 g/mol. The number of rotatable bonds is 5. The van der Waals surface area contributed by atoms with Crippen LogP contribution >= 0.6 is 15.9 Å². The topological polar surface area (TPSA) is 34.1 Å². The van der Waals surface area contributed by atoms with Crippen LogP contribution in [0.3, 0.4) is 0 Å². The molecule has 18 heavy (non-hydrogen) atoms. The van der Waals surface area contributed by atoms with Crippen LogP contribution < -0.4 is 5.48 Å². The lowest BCUT2D eigenvalue weighted by atomic mass is 10.1. The number of pyridine rings is 1. The summed E-state index contributed by atoms with van der Waals surface area (Å²) in [6, 6.07) is 8.11. The molecule has 0 radical (unpaired) electrons. The molecule has 0 bridgehead atoms. The lowest BCUT2D eigenvalue weighted by Gasteiger charge is -2.10. The summed E-state index contributed by atoms with van der Waals surface area (Å²) in [6.07, 6.45) is 1.81. The summed E-state index contributed by atoms with van der Waals surface area (Å²) in [6.45, 7) is 5.62. The molecule has 0 aliphatic carbocycles. The molecular weight excluding hydrogens is 292 g/mol. The lowest BCUT2D eigenvalue weighted by molar-refractivity contribution is 0.0198. The van der Waals surface area contributed by atoms with Gasteiger partial charge in [-0.05, 0) is 23.6 Å². The van der Waals surface area contributed by atoms with E-state index in [2.05, 4.69) is 52.4 Å². The summed E-state index contributed by atoms with van der Waals surface area (Å²) in [4.78, 5) is 9.82. The van der Waals surface area contributed by atoms with Gasteiger partial charge in [0.15, 0.2) is 0 Å². The Hall–Kier alpha value is -0.970. The molecule has 0 amide bonds. The van der Waals surface area contributed by atoms with Crippen LogP contribution in [0.25, 0.3) is 10.9 Å². The molecule has 4 heteroatoms. The molecule has 1 N–H and O–H groups in total. The van der Waals surface area contributed by atoms with Crippen LogP contribution in [0.4, 0.5) is 0 Å². The number of fused-ring (bicyclic) bond motifs is 1. The first kappa shape index (κ1) is 13.5. The van der Waals surface area contributed by atoms with Crippen LogP contribution in [0.1, 0.15) is 19.4 Å². The van der Waals surface area contributed by atoms with Crippen LogP contribution in [0.5, 0.6) is 0 Å². The van der Waals surface area contributed by atoms with Crippen molar-refractivity contribution in [2.45, 2.75) is 20.4 Å². The van der Waals surface area contributed by atoms with E-state index in [9.17, 15) is 0 Å². The number of benzene rings is 1. The second-order valence-electron chi connectivity index (χ2n) is 4.63. The maximum Gasteiger partial charge on any atom is 0.0759 e. The van der Waals surface area contributed by atoms with Gasteiger partial charge in [0, 0.05) is 22.6 Å². The smallest absolute Gasteiger partial charge is 0.0759 e. The summed E-state index contributed by atoms with van der Waals surface area (Å²) in [5.41, 5.74) is 5.13. The standard InChI is InChI=1S/C14H17BrN2O/c1-10(2)9-18-17-8-11-5-6-13(15)12-4-3-7-16-14(11)12/h3-7,10,17H,8-9H2,1-2H3. The number of nitrogens with one attached hydrogen (secondary N) is 1. The normalized spacial score (nSPS) is 11.3. The predicted molar refractivity (Wildman–Crippen MR) is 77.1 cm³/mol. The first-order valence-electron chi connectivity index (χ1n) is 6.05. The largest absolute Gasteiger partial charge is 0.301 e. The van der Waals surface area contributed by atoms with Crippen molar-refractivity contribution < 1.29 is 4.84 Å². The second-order valence-corrected chi connectivity index (χ2v) is 5.49. The maximum absolute atomic E-state index is 5.39. The fraction of sp³-hybridized carbons (Fsp3) is 0.357. The van der Waals surface area contributed by atoms with Crippen molar-refractivity contribution in [1.82, 2.24) is 10.5 Å². The van der Waals surface area contributed by atoms with Crippen molar-refractivity contribution in [3.8, 4) is 0 Å². The Morgan fingerprint density at radius 1 is 1.33 bits per heavy atom. The van der Waals surface area contributed by atoms with E-state index < -0.39 is 0 Å². The Bertz CT molecular complexity index is 528. The summed E-state index contributed by atoms with van der Waals surface area (Å²) in [7, 11) is 0. The van der Waals surface area contributed by atoms with E-state index in [1.165, 1.54) is 0 Å². The quantitative estimate of drug-likeness (QED) is 0.676. The first-order valence-corrected chi connectivity index (χ1v) is 6.84. The number of halogens is 1. The van der Waals surface area contributed by atoms with Crippen molar-refractivity contribution in [1.29, 1.82) is 0 Å². The van der Waals surface area contributed by atoms with E-state index in [1.54, 1.807) is 0 Å². The van der Waals surface area contributed by atoms with Crippen LogP contribution in [-0.4, -0.2) is 11.6 Å². The SMILES string of the molecule is CC(C)CONCc1ccc(Br)c2cccnc12. The highest BCUT2D eigenvalue weighted by Gasteiger charge is 2.05. The van der Waals surface area contributed by atoms with Gasteiger partial charge in [-0.3, -0.25) is 4.98 Å². The monoisotopic (exact) mass is 308 g/mol. The average Bonchev–Trinajstić information content (AvgIpc) is 2.37. The zero-order chi connectivity index (χ0) is 13.0. The molecule has 0 aliphatic heterocycles. The third kappa shape index (κ3) is 3.28. The molecule has 0 spiro atoms. The fourth-order valence-electron chi connectivity index (χ4n) is 1.69. The van der Waals surface area contributed by atoms with Crippen LogP contribution in [0.2, 0.25) is 0 Å². The highest BCUT2D eigenvalue weighted by Crippen LogP contribution is 2.25. The number of hydrogen-bond acceptors (Lipinski definition) is 3. The summed E-state index contributed by atoms with van der Waals surface area (Å²) < 4.78 is 1.07. The van der Waals surface area contributed by atoms with Gasteiger partial charge in [-0.15, -0.1) is 0 Å². The lowest BCUT2D eigenvalue weighted by Crippen LogP contribution is -2.17. The van der Waals surface area contributed by atoms with E-state index in [4.69, 9.17) is 4.84 Å². The van der Waals surface area contributed by atoms with Crippen LogP contribution in [0.15, 0.2) is 34.9 Å². The van der Waals surface area contributed by atoms with E-state index in [-0.39, 0.29) is 0 Å². The first-order chi connectivity index (χ1) is 8.68. The second kappa shape index (κ2) is 6.27. The molecule has 2 rings (SSSR count). The molecular formula is C14H17BrN2O. The highest BCUT2D eigenvalue weighted by molar-refractivity contribution is 9.10. The fourth-order valence-corrected chi connectivity index (χ4v) is 2.15. The Morgan fingerprint density at radius 2 is 2.17 bits per heavy atom. The molecule has 0 saturated carbocycles. The zero-order valence-electron chi connectivity index (χ0n) is 10.6. The molecule has 0 atom stereocenters. The van der Waals surface area contributed by atoms with E-state index >= 15 is 0 Å². The summed E-state index contributed by atoms with van der Waals surface area (Å²) in [5, 5.41) is 1.13. The van der Waals surface area contributed by atoms with Gasteiger partial charge in [0.05, 0.1) is 12.1 Å². The zero-order valence-corrected chi connectivity index (χ0v) is 12.2.